The van der Waals surface area contributed by atoms with Gasteiger partial charge in [0.15, 0.2) is 0 Å². The minimum atomic E-state index is -0.726. The first-order chi connectivity index (χ1) is 8.04. The van der Waals surface area contributed by atoms with Crippen LogP contribution in [0.25, 0.3) is 0 Å². The molecule has 0 bridgehead atoms. The van der Waals surface area contributed by atoms with Crippen LogP contribution in [0.1, 0.15) is 46.0 Å². The molecule has 4 nitrogen and oxygen atoms in total. The van der Waals surface area contributed by atoms with Crippen molar-refractivity contribution in [2.75, 3.05) is 13.1 Å². The van der Waals surface area contributed by atoms with Gasteiger partial charge in [-0.15, -0.1) is 0 Å². The molecular formula is C13H23NO3. The highest BCUT2D eigenvalue weighted by Gasteiger charge is 2.27. The maximum atomic E-state index is 11.9. The molecule has 17 heavy (non-hydrogen) atoms. The fourth-order valence-corrected chi connectivity index (χ4v) is 2.40. The van der Waals surface area contributed by atoms with Crippen molar-refractivity contribution in [1.29, 1.82) is 0 Å². The molecule has 1 amide bonds. The highest BCUT2D eigenvalue weighted by atomic mass is 16.4. The van der Waals surface area contributed by atoms with Gasteiger partial charge < -0.3 is 10.0 Å². The zero-order valence-electron chi connectivity index (χ0n) is 10.8. The predicted octanol–water partition coefficient (Wildman–Crippen LogP) is 2.14. The van der Waals surface area contributed by atoms with Crippen molar-refractivity contribution in [3.05, 3.63) is 0 Å². The van der Waals surface area contributed by atoms with Crippen LogP contribution >= 0.6 is 0 Å². The van der Waals surface area contributed by atoms with Gasteiger partial charge in [-0.1, -0.05) is 26.7 Å². The second-order valence-electron chi connectivity index (χ2n) is 5.09. The number of hydrogen-bond acceptors (Lipinski definition) is 2. The number of piperidine rings is 1. The lowest BCUT2D eigenvalue weighted by atomic mass is 9.95. The molecule has 98 valence electrons. The third-order valence-electron chi connectivity index (χ3n) is 3.50. The maximum Gasteiger partial charge on any atom is 0.306 e. The van der Waals surface area contributed by atoms with Crippen LogP contribution in [0.15, 0.2) is 0 Å². The molecule has 0 radical (unpaired) electrons. The second kappa shape index (κ2) is 6.62. The van der Waals surface area contributed by atoms with E-state index in [0.29, 0.717) is 38.3 Å². The lowest BCUT2D eigenvalue weighted by Gasteiger charge is -2.30. The van der Waals surface area contributed by atoms with Crippen LogP contribution in [0, 0.1) is 11.8 Å². The molecule has 0 aromatic carbocycles. The van der Waals surface area contributed by atoms with Gasteiger partial charge in [0.05, 0.1) is 5.92 Å². The van der Waals surface area contributed by atoms with Crippen LogP contribution in [-0.2, 0) is 9.59 Å². The molecule has 0 saturated carbocycles. The molecule has 1 saturated heterocycles. The molecule has 1 N–H and O–H groups in total. The molecule has 1 atom stereocenters. The van der Waals surface area contributed by atoms with E-state index in [2.05, 4.69) is 13.8 Å². The largest absolute Gasteiger partial charge is 0.481 e. The lowest BCUT2D eigenvalue weighted by Crippen LogP contribution is -2.40. The van der Waals surface area contributed by atoms with Crippen molar-refractivity contribution in [3.8, 4) is 0 Å². The fourth-order valence-electron chi connectivity index (χ4n) is 2.40. The normalized spacial score (nSPS) is 19.1. The van der Waals surface area contributed by atoms with E-state index >= 15 is 0 Å². The second-order valence-corrected chi connectivity index (χ2v) is 5.09. The van der Waals surface area contributed by atoms with E-state index in [9.17, 15) is 9.59 Å². The van der Waals surface area contributed by atoms with Crippen LogP contribution in [0.2, 0.25) is 0 Å². The molecule has 0 spiro atoms. The van der Waals surface area contributed by atoms with Gasteiger partial charge in [-0.05, 0) is 18.8 Å². The van der Waals surface area contributed by atoms with Crippen molar-refractivity contribution in [3.63, 3.8) is 0 Å². The Morgan fingerprint density at radius 3 is 2.41 bits per heavy atom. The minimum Gasteiger partial charge on any atom is -0.481 e. The Labute approximate surface area is 103 Å². The van der Waals surface area contributed by atoms with E-state index in [-0.39, 0.29) is 11.8 Å². The minimum absolute atomic E-state index is 0.190. The first-order valence-electron chi connectivity index (χ1n) is 6.55. The van der Waals surface area contributed by atoms with E-state index in [1.54, 1.807) is 0 Å². The van der Waals surface area contributed by atoms with Gasteiger partial charge in [0, 0.05) is 19.5 Å². The monoisotopic (exact) mass is 241 g/mol. The Morgan fingerprint density at radius 2 is 1.94 bits per heavy atom. The van der Waals surface area contributed by atoms with Gasteiger partial charge in [-0.2, -0.15) is 0 Å². The van der Waals surface area contributed by atoms with Crippen molar-refractivity contribution in [2.45, 2.75) is 46.0 Å². The van der Waals surface area contributed by atoms with E-state index < -0.39 is 5.97 Å². The number of carbonyl (C=O) groups excluding carboxylic acids is 1. The molecule has 1 fully saturated rings. The van der Waals surface area contributed by atoms with Gasteiger partial charge >= 0.3 is 5.97 Å². The summed E-state index contributed by atoms with van der Waals surface area (Å²) in [5.74, 6) is -0.358. The van der Waals surface area contributed by atoms with Gasteiger partial charge in [-0.25, -0.2) is 0 Å². The predicted molar refractivity (Wildman–Crippen MR) is 65.6 cm³/mol. The molecule has 1 rings (SSSR count). The highest BCUT2D eigenvalue weighted by molar-refractivity contribution is 5.77. The molecule has 1 heterocycles. The Hall–Kier alpha value is -1.06. The number of carboxylic acid groups (broad SMARTS) is 1. The maximum absolute atomic E-state index is 11.9. The van der Waals surface area contributed by atoms with Crippen molar-refractivity contribution >= 4 is 11.9 Å². The average molecular weight is 241 g/mol. The molecule has 0 aromatic rings. The summed E-state index contributed by atoms with van der Waals surface area (Å²) in [5.41, 5.74) is 0. The first kappa shape index (κ1) is 14.0. The summed E-state index contributed by atoms with van der Waals surface area (Å²) in [7, 11) is 0. The molecule has 1 aliphatic rings. The number of carboxylic acids is 1. The van der Waals surface area contributed by atoms with E-state index in [1.807, 2.05) is 4.90 Å². The summed E-state index contributed by atoms with van der Waals surface area (Å²) in [6, 6.07) is 0. The summed E-state index contributed by atoms with van der Waals surface area (Å²) < 4.78 is 0. The molecule has 1 aliphatic heterocycles. The lowest BCUT2D eigenvalue weighted by molar-refractivity contribution is -0.145. The summed E-state index contributed by atoms with van der Waals surface area (Å²) >= 11 is 0. The summed E-state index contributed by atoms with van der Waals surface area (Å²) in [6.07, 6.45) is 3.99. The highest BCUT2D eigenvalue weighted by Crippen LogP contribution is 2.19. The van der Waals surface area contributed by atoms with E-state index in [1.165, 1.54) is 0 Å². The Morgan fingerprint density at radius 1 is 1.35 bits per heavy atom. The number of nitrogens with zero attached hydrogens (tertiary/aromatic N) is 1. The van der Waals surface area contributed by atoms with Gasteiger partial charge in [0.25, 0.3) is 0 Å². The van der Waals surface area contributed by atoms with Crippen LogP contribution in [0.5, 0.6) is 0 Å². The standard InChI is InChI=1S/C13H23NO3/c1-3-4-10(2)9-12(15)14-7-5-11(6-8-14)13(16)17/h10-11H,3-9H2,1-2H3,(H,16,17). The summed E-state index contributed by atoms with van der Waals surface area (Å²) in [5, 5.41) is 8.88. The Balaban J connectivity index is 2.33. The molecule has 1 unspecified atom stereocenters. The number of hydrogen-bond donors (Lipinski definition) is 1. The van der Waals surface area contributed by atoms with Crippen LogP contribution < -0.4 is 0 Å². The summed E-state index contributed by atoms with van der Waals surface area (Å²) in [6.45, 7) is 5.44. The number of amides is 1. The van der Waals surface area contributed by atoms with E-state index in [0.717, 1.165) is 12.8 Å². The smallest absolute Gasteiger partial charge is 0.306 e. The van der Waals surface area contributed by atoms with Crippen LogP contribution in [0.3, 0.4) is 0 Å². The molecular weight excluding hydrogens is 218 g/mol. The topological polar surface area (TPSA) is 57.6 Å². The molecule has 4 heteroatoms. The van der Waals surface area contributed by atoms with Crippen molar-refractivity contribution in [2.24, 2.45) is 11.8 Å². The van der Waals surface area contributed by atoms with Gasteiger partial charge in [0.1, 0.15) is 0 Å². The van der Waals surface area contributed by atoms with Crippen LogP contribution in [0.4, 0.5) is 0 Å². The third-order valence-corrected chi connectivity index (χ3v) is 3.50. The first-order valence-corrected chi connectivity index (χ1v) is 6.55. The number of carbonyl (C=O) groups is 2. The number of aliphatic carboxylic acids is 1. The van der Waals surface area contributed by atoms with Crippen molar-refractivity contribution in [1.82, 2.24) is 4.90 Å². The zero-order chi connectivity index (χ0) is 12.8. The van der Waals surface area contributed by atoms with Crippen molar-refractivity contribution < 1.29 is 14.7 Å². The zero-order valence-corrected chi connectivity index (χ0v) is 10.8. The molecule has 0 aromatic heterocycles. The Bertz CT molecular complexity index is 270. The van der Waals surface area contributed by atoms with E-state index in [4.69, 9.17) is 5.11 Å². The van der Waals surface area contributed by atoms with Gasteiger partial charge in [-0.3, -0.25) is 9.59 Å². The number of likely N-dealkylation sites (tertiary alicyclic amines) is 1. The Kier molecular flexibility index (Phi) is 5.45. The van der Waals surface area contributed by atoms with Crippen LogP contribution in [-0.4, -0.2) is 35.0 Å². The summed E-state index contributed by atoms with van der Waals surface area (Å²) in [4.78, 5) is 24.6. The quantitative estimate of drug-likeness (QED) is 0.802. The molecule has 0 aliphatic carbocycles. The average Bonchev–Trinajstić information content (AvgIpc) is 2.29. The number of rotatable bonds is 5. The van der Waals surface area contributed by atoms with Gasteiger partial charge in [0.2, 0.25) is 5.91 Å². The fraction of sp³-hybridized carbons (Fsp3) is 0.846. The third kappa shape index (κ3) is 4.36. The SMILES string of the molecule is CCCC(C)CC(=O)N1CCC(C(=O)O)CC1.